The van der Waals surface area contributed by atoms with Crippen molar-refractivity contribution in [3.63, 3.8) is 0 Å². The molecule has 0 atom stereocenters. The Morgan fingerprint density at radius 3 is 2.38 bits per heavy atom. The number of nitrogens with one attached hydrogen (secondary N) is 1. The Balaban J connectivity index is 1.45. The molecule has 2 aromatic carbocycles. The number of ether oxygens (including phenoxy) is 1. The van der Waals surface area contributed by atoms with Crippen LogP contribution in [0, 0.1) is 17.6 Å². The molecular weight excluding hydrogens is 415 g/mol. The van der Waals surface area contributed by atoms with Crippen LogP contribution < -0.4 is 10.8 Å². The van der Waals surface area contributed by atoms with Crippen molar-refractivity contribution in [2.24, 2.45) is 5.92 Å². The summed E-state index contributed by atoms with van der Waals surface area (Å²) in [6, 6.07) is 8.50. The Bertz CT molecular complexity index is 1010. The normalized spacial score (nSPS) is 19.2. The minimum atomic E-state index is -0.723. The highest BCUT2D eigenvalue weighted by Gasteiger charge is 2.51. The molecule has 1 N–H and O–H groups in total. The largest absolute Gasteiger partial charge is 0.494 e. The number of rotatable bonds is 7. The van der Waals surface area contributed by atoms with E-state index in [2.05, 4.69) is 5.32 Å². The van der Waals surface area contributed by atoms with Crippen molar-refractivity contribution in [3.8, 4) is 0 Å². The smallest absolute Gasteiger partial charge is 0.399 e. The van der Waals surface area contributed by atoms with Gasteiger partial charge >= 0.3 is 7.12 Å². The molecule has 0 spiro atoms. The minimum absolute atomic E-state index is 0.172. The topological polar surface area (TPSA) is 56.8 Å². The standard InChI is InChI=1S/C24H28BF2NO4/c1-23(2)24(3,4)32-25(31-23)17-8-10-20(26)19(11-17)22(29)28-18-9-7-16(21(27)12-18)14-30-13-15-5-6-15/h7-12,15H,5-6,13-14H2,1-4H3,(H,28,29). The molecule has 2 aliphatic rings. The molecule has 32 heavy (non-hydrogen) atoms. The van der Waals surface area contributed by atoms with Gasteiger partial charge in [0.1, 0.15) is 11.6 Å². The van der Waals surface area contributed by atoms with E-state index in [4.69, 9.17) is 14.0 Å². The number of benzene rings is 2. The lowest BCUT2D eigenvalue weighted by Gasteiger charge is -2.32. The van der Waals surface area contributed by atoms with E-state index in [1.807, 2.05) is 27.7 Å². The summed E-state index contributed by atoms with van der Waals surface area (Å²) in [6.45, 7) is 8.48. The molecule has 4 rings (SSSR count). The van der Waals surface area contributed by atoms with E-state index in [0.717, 1.165) is 0 Å². The fourth-order valence-corrected chi connectivity index (χ4v) is 3.40. The number of amides is 1. The van der Waals surface area contributed by atoms with Gasteiger partial charge in [-0.25, -0.2) is 8.78 Å². The van der Waals surface area contributed by atoms with E-state index in [-0.39, 0.29) is 17.9 Å². The van der Waals surface area contributed by atoms with Gasteiger partial charge in [-0.2, -0.15) is 0 Å². The molecule has 1 heterocycles. The van der Waals surface area contributed by atoms with Crippen LogP contribution in [0.5, 0.6) is 0 Å². The summed E-state index contributed by atoms with van der Waals surface area (Å²) in [7, 11) is -0.723. The van der Waals surface area contributed by atoms with E-state index in [9.17, 15) is 13.6 Å². The van der Waals surface area contributed by atoms with Crippen molar-refractivity contribution in [2.45, 2.75) is 58.3 Å². The van der Waals surface area contributed by atoms with Gasteiger partial charge in [0.15, 0.2) is 0 Å². The highest BCUT2D eigenvalue weighted by atomic mass is 19.1. The summed E-state index contributed by atoms with van der Waals surface area (Å²) in [5.74, 6) is -1.25. The predicted octanol–water partition coefficient (Wildman–Crippen LogP) is 4.44. The second-order valence-electron chi connectivity index (χ2n) is 9.55. The summed E-state index contributed by atoms with van der Waals surface area (Å²) in [6.07, 6.45) is 2.33. The summed E-state index contributed by atoms with van der Waals surface area (Å²) in [5, 5.41) is 2.56. The molecule has 0 bridgehead atoms. The monoisotopic (exact) mass is 443 g/mol. The van der Waals surface area contributed by atoms with Gasteiger partial charge in [-0.05, 0) is 76.2 Å². The number of hydrogen-bond donors (Lipinski definition) is 1. The Labute approximate surface area is 187 Å². The number of carbonyl (C=O) groups is 1. The van der Waals surface area contributed by atoms with Crippen LogP contribution in [0.1, 0.15) is 56.5 Å². The van der Waals surface area contributed by atoms with E-state index in [1.54, 1.807) is 12.1 Å². The number of anilines is 1. The summed E-state index contributed by atoms with van der Waals surface area (Å²) in [5.41, 5.74) is -0.109. The average molecular weight is 443 g/mol. The van der Waals surface area contributed by atoms with Crippen LogP contribution in [0.4, 0.5) is 14.5 Å². The van der Waals surface area contributed by atoms with Crippen LogP contribution in [0.2, 0.25) is 0 Å². The molecule has 170 valence electrons. The molecule has 8 heteroatoms. The summed E-state index contributed by atoms with van der Waals surface area (Å²) in [4.78, 5) is 12.7. The lowest BCUT2D eigenvalue weighted by Crippen LogP contribution is -2.41. The zero-order valence-electron chi connectivity index (χ0n) is 18.8. The number of halogens is 2. The van der Waals surface area contributed by atoms with Crippen molar-refractivity contribution >= 4 is 24.2 Å². The van der Waals surface area contributed by atoms with Gasteiger partial charge in [0, 0.05) is 17.9 Å². The zero-order valence-corrected chi connectivity index (χ0v) is 18.8. The first-order valence-electron chi connectivity index (χ1n) is 10.9. The Morgan fingerprint density at radius 2 is 1.75 bits per heavy atom. The van der Waals surface area contributed by atoms with Crippen LogP contribution in [0.3, 0.4) is 0 Å². The third-order valence-corrected chi connectivity index (χ3v) is 6.38. The lowest BCUT2D eigenvalue weighted by molar-refractivity contribution is 0.00578. The van der Waals surface area contributed by atoms with Crippen LogP contribution in [-0.4, -0.2) is 30.8 Å². The first-order valence-corrected chi connectivity index (χ1v) is 10.9. The summed E-state index contributed by atoms with van der Waals surface area (Å²) < 4.78 is 46.3. The maximum absolute atomic E-state index is 14.4. The zero-order chi connectivity index (χ0) is 23.1. The second kappa shape index (κ2) is 8.58. The highest BCUT2D eigenvalue weighted by Crippen LogP contribution is 2.36. The third kappa shape index (κ3) is 4.87. The maximum atomic E-state index is 14.4. The van der Waals surface area contributed by atoms with E-state index in [0.29, 0.717) is 23.6 Å². The van der Waals surface area contributed by atoms with Crippen molar-refractivity contribution < 1.29 is 27.6 Å². The van der Waals surface area contributed by atoms with Crippen LogP contribution in [-0.2, 0) is 20.7 Å². The number of hydrogen-bond acceptors (Lipinski definition) is 4. The molecule has 1 aliphatic heterocycles. The molecule has 1 saturated carbocycles. The highest BCUT2D eigenvalue weighted by molar-refractivity contribution is 6.62. The second-order valence-corrected chi connectivity index (χ2v) is 9.55. The quantitative estimate of drug-likeness (QED) is 0.643. The van der Waals surface area contributed by atoms with Gasteiger partial charge in [-0.1, -0.05) is 12.1 Å². The minimum Gasteiger partial charge on any atom is -0.399 e. The molecule has 0 radical (unpaired) electrons. The Kier molecular flexibility index (Phi) is 6.13. The van der Waals surface area contributed by atoms with E-state index in [1.165, 1.54) is 37.1 Å². The number of carbonyl (C=O) groups excluding carboxylic acids is 1. The van der Waals surface area contributed by atoms with Gasteiger partial charge in [0.2, 0.25) is 0 Å². The molecular formula is C24H28BF2NO4. The molecule has 2 fully saturated rings. The van der Waals surface area contributed by atoms with Crippen molar-refractivity contribution in [3.05, 3.63) is 59.2 Å². The first kappa shape index (κ1) is 22.9. The van der Waals surface area contributed by atoms with Crippen molar-refractivity contribution in [1.82, 2.24) is 0 Å². The molecule has 5 nitrogen and oxygen atoms in total. The summed E-state index contributed by atoms with van der Waals surface area (Å²) >= 11 is 0. The lowest BCUT2D eigenvalue weighted by atomic mass is 9.78. The molecule has 0 aromatic heterocycles. The first-order chi connectivity index (χ1) is 15.1. The van der Waals surface area contributed by atoms with Crippen molar-refractivity contribution in [1.29, 1.82) is 0 Å². The van der Waals surface area contributed by atoms with Gasteiger partial charge in [0.25, 0.3) is 5.91 Å². The molecule has 1 aliphatic carbocycles. The van der Waals surface area contributed by atoms with Gasteiger partial charge in [0.05, 0.1) is 23.4 Å². The van der Waals surface area contributed by atoms with Gasteiger partial charge < -0.3 is 19.4 Å². The molecule has 1 amide bonds. The van der Waals surface area contributed by atoms with Crippen LogP contribution >= 0.6 is 0 Å². The van der Waals surface area contributed by atoms with Gasteiger partial charge in [-0.3, -0.25) is 4.79 Å². The predicted molar refractivity (Wildman–Crippen MR) is 119 cm³/mol. The molecule has 2 aromatic rings. The molecule has 1 saturated heterocycles. The van der Waals surface area contributed by atoms with Gasteiger partial charge in [-0.15, -0.1) is 0 Å². The average Bonchev–Trinajstić information content (AvgIpc) is 3.49. The van der Waals surface area contributed by atoms with Crippen LogP contribution in [0.25, 0.3) is 0 Å². The van der Waals surface area contributed by atoms with E-state index < -0.39 is 35.9 Å². The SMILES string of the molecule is CC1(C)OB(c2ccc(F)c(C(=O)Nc3ccc(COCC4CC4)c(F)c3)c2)OC1(C)C. The maximum Gasteiger partial charge on any atom is 0.494 e. The molecule has 0 unspecified atom stereocenters. The van der Waals surface area contributed by atoms with Crippen LogP contribution in [0.15, 0.2) is 36.4 Å². The Morgan fingerprint density at radius 1 is 1.06 bits per heavy atom. The fourth-order valence-electron chi connectivity index (χ4n) is 3.40. The van der Waals surface area contributed by atoms with Crippen molar-refractivity contribution in [2.75, 3.05) is 11.9 Å². The van der Waals surface area contributed by atoms with E-state index >= 15 is 0 Å². The fraction of sp³-hybridized carbons (Fsp3) is 0.458. The third-order valence-electron chi connectivity index (χ3n) is 6.38. The Hall–Kier alpha value is -2.29.